The Hall–Kier alpha value is -1.94. The lowest BCUT2D eigenvalue weighted by atomic mass is 10.1. The summed E-state index contributed by atoms with van der Waals surface area (Å²) in [4.78, 5) is 49.8. The van der Waals surface area contributed by atoms with E-state index in [2.05, 4.69) is 28.1 Å². The van der Waals surface area contributed by atoms with Crippen molar-refractivity contribution in [2.45, 2.75) is 24.5 Å². The van der Waals surface area contributed by atoms with Crippen molar-refractivity contribution in [1.29, 1.82) is 0 Å². The van der Waals surface area contributed by atoms with E-state index in [1.807, 2.05) is 0 Å². The fraction of sp³-hybridized carbons (Fsp3) is 0.500. The molecule has 1 saturated heterocycles. The van der Waals surface area contributed by atoms with E-state index in [1.54, 1.807) is 0 Å². The molecule has 0 bridgehead atoms. The van der Waals surface area contributed by atoms with Crippen LogP contribution in [0.4, 0.5) is 5.95 Å². The number of nitrogens with zero attached hydrogens (tertiary/aromatic N) is 2. The second kappa shape index (κ2) is 8.90. The summed E-state index contributed by atoms with van der Waals surface area (Å²) >= 11 is 0. The Morgan fingerprint density at radius 2 is 1.90 bits per heavy atom. The highest BCUT2D eigenvalue weighted by molar-refractivity contribution is 7.61. The molecule has 0 radical (unpaired) electrons. The third-order valence-electron chi connectivity index (χ3n) is 3.88. The number of imidazole rings is 1. The number of anilines is 1. The Labute approximate surface area is 171 Å². The van der Waals surface area contributed by atoms with Crippen LogP contribution in [-0.2, 0) is 31.6 Å². The Bertz CT molecular complexity index is 1190. The van der Waals surface area contributed by atoms with E-state index >= 15 is 0 Å². The van der Waals surface area contributed by atoms with E-state index < -0.39 is 66.7 Å². The molecule has 2 aromatic heterocycles. The first-order valence-corrected chi connectivity index (χ1v) is 11.6. The number of ether oxygens (including phenoxy) is 1. The van der Waals surface area contributed by atoms with Gasteiger partial charge < -0.3 is 20.7 Å². The minimum Gasteiger partial charge on any atom is -0.387 e. The summed E-state index contributed by atoms with van der Waals surface area (Å²) in [5.74, 6) is -0.340. The largest absolute Gasteiger partial charge is 0.708 e. The minimum absolute atomic E-state index is 0.276. The van der Waals surface area contributed by atoms with Gasteiger partial charge in [0.15, 0.2) is 17.4 Å². The molecule has 8 N–H and O–H groups in total. The van der Waals surface area contributed by atoms with E-state index in [1.165, 1.54) is 0 Å². The molecule has 0 aromatic carbocycles. The van der Waals surface area contributed by atoms with Gasteiger partial charge in [0.2, 0.25) is 5.95 Å². The molecule has 1 fully saturated rings. The van der Waals surface area contributed by atoms with E-state index in [0.717, 1.165) is 4.57 Å². The van der Waals surface area contributed by atoms with Crippen LogP contribution in [0.2, 0.25) is 0 Å². The predicted molar refractivity (Wildman–Crippen MR) is 96.7 cm³/mol. The van der Waals surface area contributed by atoms with Crippen LogP contribution in [0.5, 0.6) is 0 Å². The van der Waals surface area contributed by atoms with Gasteiger partial charge >= 0.3 is 30.0 Å². The molecule has 0 spiro atoms. The molecule has 18 nitrogen and oxygen atoms in total. The monoisotopic (exact) mass is 505 g/mol. The molecule has 3 heterocycles. The highest BCUT2D eigenvalue weighted by Gasteiger charge is 2.49. The smallest absolute Gasteiger partial charge is 0.387 e. The number of hydrogen-bond acceptors (Lipinski definition) is 13. The molecule has 31 heavy (non-hydrogen) atoms. The quantitative estimate of drug-likeness (QED) is 0.192. The van der Waals surface area contributed by atoms with E-state index in [0.29, 0.717) is 0 Å². The molecule has 3 unspecified atom stereocenters. The first-order chi connectivity index (χ1) is 14.4. The highest BCUT2D eigenvalue weighted by Crippen LogP contribution is 2.57. The second-order valence-corrected chi connectivity index (χ2v) is 9.31. The number of fused-ring (bicyclic) bond motifs is 1. The molecule has 0 saturated carbocycles. The number of rotatable bonds is 8. The fourth-order valence-electron chi connectivity index (χ4n) is 2.69. The van der Waals surface area contributed by atoms with Crippen LogP contribution in [0, 0.1) is 0 Å². The molecule has 170 valence electrons. The Balaban J connectivity index is 1.75. The third-order valence-corrected chi connectivity index (χ3v) is 6.98. The summed E-state index contributed by atoms with van der Waals surface area (Å²) in [7, 11) is -12.1. The third kappa shape index (κ3) is 5.11. The van der Waals surface area contributed by atoms with Crippen LogP contribution in [0.1, 0.15) is 6.23 Å². The van der Waals surface area contributed by atoms with Crippen LogP contribution in [-0.4, -0.2) is 64.4 Å². The summed E-state index contributed by atoms with van der Waals surface area (Å²) < 4.78 is 51.5. The van der Waals surface area contributed by atoms with Crippen molar-refractivity contribution in [3.63, 3.8) is 0 Å². The van der Waals surface area contributed by atoms with Gasteiger partial charge in [0, 0.05) is 17.8 Å². The van der Waals surface area contributed by atoms with Crippen LogP contribution in [0.25, 0.3) is 11.2 Å². The molecular weight excluding hydrogens is 491 g/mol. The number of H-pyrrole nitrogens is 2. The zero-order chi connectivity index (χ0) is 23.1. The molecule has 1 aliphatic rings. The summed E-state index contributed by atoms with van der Waals surface area (Å²) in [5, 5.41) is 20.4. The molecule has 2 aromatic rings. The molecule has 7 atom stereocenters. The minimum atomic E-state index is -5.19. The Morgan fingerprint density at radius 3 is 2.55 bits per heavy atom. The first kappa shape index (κ1) is 23.7. The van der Waals surface area contributed by atoms with E-state index in [9.17, 15) is 33.5 Å². The lowest BCUT2D eigenvalue weighted by Gasteiger charge is -2.15. The molecule has 0 amide bonds. The van der Waals surface area contributed by atoms with Crippen molar-refractivity contribution in [2.24, 2.45) is 0 Å². The Kier molecular flexibility index (Phi) is 6.81. The number of nitrogens with one attached hydrogen (secondary N) is 2. The number of hydrogen-bond donors (Lipinski definition) is 7. The number of aliphatic hydroxyl groups is 2. The average Bonchev–Trinajstić information content (AvgIpc) is 3.09. The Morgan fingerprint density at radius 1 is 1.23 bits per heavy atom. The molecule has 21 heteroatoms. The van der Waals surface area contributed by atoms with Gasteiger partial charge in [0.1, 0.15) is 24.9 Å². The average molecular weight is 505 g/mol. The zero-order valence-corrected chi connectivity index (χ0v) is 17.5. The van der Waals surface area contributed by atoms with Crippen molar-refractivity contribution in [3.05, 3.63) is 20.8 Å². The van der Waals surface area contributed by atoms with Crippen LogP contribution in [0.3, 0.4) is 0 Å². The number of nitrogens with two attached hydrogens (primary N) is 1. The van der Waals surface area contributed by atoms with Gasteiger partial charge in [-0.3, -0.25) is 19.7 Å². The number of aromatic nitrogens is 4. The lowest BCUT2D eigenvalue weighted by molar-refractivity contribution is -0.0490. The van der Waals surface area contributed by atoms with Crippen molar-refractivity contribution in [3.8, 4) is 0 Å². The fourth-order valence-corrected chi connectivity index (χ4v) is 4.92. The highest BCUT2D eigenvalue weighted by atomic mass is 31.3. The molecule has 3 rings (SSSR count). The number of aromatic amines is 2. The molecule has 0 aliphatic carbocycles. The first-order valence-electron chi connectivity index (χ1n) is 7.89. The maximum atomic E-state index is 12.2. The van der Waals surface area contributed by atoms with E-state index in [-0.39, 0.29) is 17.1 Å². The second-order valence-electron chi connectivity index (χ2n) is 5.89. The summed E-state index contributed by atoms with van der Waals surface area (Å²) in [6.07, 6.45) is -6.49. The van der Waals surface area contributed by atoms with Crippen LogP contribution in [0.15, 0.2) is 9.59 Å². The zero-order valence-electron chi connectivity index (χ0n) is 14.8. The SMILES string of the molecule is Nc1nc2c([nH]c(=O)n2[C@@H]2O[C@H](CO[P+](=O)OP(=O)(O)O[P+](=O)O)[C@@H](O)[C@H]2O)c(=O)[nH]1. The summed E-state index contributed by atoms with van der Waals surface area (Å²) in [5.41, 5.74) is 3.19. The van der Waals surface area contributed by atoms with Crippen LogP contribution < -0.4 is 17.0 Å². The van der Waals surface area contributed by atoms with Crippen molar-refractivity contribution in [1.82, 2.24) is 19.5 Å². The summed E-state index contributed by atoms with van der Waals surface area (Å²) in [6, 6.07) is 0. The van der Waals surface area contributed by atoms with Gasteiger partial charge in [0.05, 0.1) is 0 Å². The van der Waals surface area contributed by atoms with Crippen molar-refractivity contribution < 1.29 is 51.6 Å². The van der Waals surface area contributed by atoms with Gasteiger partial charge in [0.25, 0.3) is 5.56 Å². The van der Waals surface area contributed by atoms with Gasteiger partial charge in [-0.1, -0.05) is 0 Å². The number of phosphoric acid groups is 1. The van der Waals surface area contributed by atoms with Crippen LogP contribution >= 0.6 is 24.3 Å². The molecular formula is C10H14N5O13P3+2. The maximum absolute atomic E-state index is 12.2. The topological polar surface area (TPSA) is 279 Å². The van der Waals surface area contributed by atoms with Gasteiger partial charge in [-0.2, -0.15) is 4.98 Å². The molecule has 1 aliphatic heterocycles. The predicted octanol–water partition coefficient (Wildman–Crippen LogP) is -1.93. The normalized spacial score (nSPS) is 26.7. The maximum Gasteiger partial charge on any atom is 0.708 e. The standard InChI is InChI=1S/C10H12N5O13P3/c11-9-13-6-3(7(18)14-9)12-10(19)15(6)8-5(17)4(16)2(26-8)1-25-30(22)28-31(23,24)27-29(20)21/h2,4-5,8,16-17H,1H2,(H4-2,11,12,13,14,18,19,20,21,23,24)/p+2/t2-,4-,5-,8-/m1/s1. The number of aliphatic hydroxyl groups excluding tert-OH is 2. The lowest BCUT2D eigenvalue weighted by Crippen LogP contribution is -2.35. The van der Waals surface area contributed by atoms with Crippen molar-refractivity contribution in [2.75, 3.05) is 12.3 Å². The number of nitrogen functional groups attached to an aromatic ring is 1. The van der Waals surface area contributed by atoms with Crippen molar-refractivity contribution >= 4 is 41.4 Å². The summed E-state index contributed by atoms with van der Waals surface area (Å²) in [6.45, 7) is -0.789. The van der Waals surface area contributed by atoms with E-state index in [4.69, 9.17) is 20.3 Å². The van der Waals surface area contributed by atoms with Gasteiger partial charge in [-0.15, -0.1) is 9.42 Å². The van der Waals surface area contributed by atoms with Gasteiger partial charge in [-0.05, 0) is 0 Å². The van der Waals surface area contributed by atoms with Gasteiger partial charge in [-0.25, -0.2) is 13.9 Å².